The van der Waals surface area contributed by atoms with Crippen molar-refractivity contribution in [2.75, 3.05) is 23.8 Å². The fourth-order valence-corrected chi connectivity index (χ4v) is 17.4. The quantitative estimate of drug-likeness (QED) is 0.0815. The molecule has 0 spiro atoms. The summed E-state index contributed by atoms with van der Waals surface area (Å²) >= 11 is 0. The number of nitrogens with one attached hydrogen (secondary N) is 3. The van der Waals surface area contributed by atoms with Gasteiger partial charge in [-0.1, -0.05) is 77.9 Å². The Balaban J connectivity index is 0.000000185. The van der Waals surface area contributed by atoms with Crippen LogP contribution in [0.3, 0.4) is 0 Å². The monoisotopic (exact) mass is 1120 g/mol. The lowest BCUT2D eigenvalue weighted by Gasteiger charge is -2.44. The highest BCUT2D eigenvalue weighted by Gasteiger charge is 2.45. The standard InChI is InChI=1S/C33H36F3N5OSi.C24H16F3N5O.C4H8O/c1-21(2)43(22(3)4,23(5)6)40-16-14-26(20-40)29-19-38-41-30(13-15-37-31(29)41)24-9-8-12-28(18-24)39-32(42)25-10-7-11-27(17-25)33(34,35)36;25-24(26,27)18-5-1-4-16(11-18)23(33)31-19-6-2-3-15(12-19)21-8-10-29-22-20(14-30-32(21)22)17-7-9-28-13-17;1-2-4-5-3-1/h7-23H,1-6H3,(H,39,42);1-14,28H,(H,31,33);1-4H2. The number of ether oxygens (including phenoxy) is 1. The molecular weight excluding hydrogens is 1060 g/mol. The van der Waals surface area contributed by atoms with E-state index in [1.165, 1.54) is 37.1 Å². The Labute approximate surface area is 465 Å². The van der Waals surface area contributed by atoms with E-state index in [4.69, 9.17) is 4.74 Å². The first kappa shape index (κ1) is 57.1. The molecule has 1 aliphatic rings. The summed E-state index contributed by atoms with van der Waals surface area (Å²) in [5, 5.41) is 14.5. The molecule has 20 heteroatoms. The zero-order valence-corrected chi connectivity index (χ0v) is 46.3. The molecule has 0 radical (unpaired) electrons. The van der Waals surface area contributed by atoms with Gasteiger partial charge in [0, 0.05) is 100 Å². The van der Waals surface area contributed by atoms with E-state index in [2.05, 4.69) is 100 Å². The summed E-state index contributed by atoms with van der Waals surface area (Å²) in [6.45, 7) is 16.0. The average molecular weight is 1120 g/mol. The number of H-pyrrole nitrogens is 1. The van der Waals surface area contributed by atoms with Crippen molar-refractivity contribution in [2.24, 2.45) is 0 Å². The van der Waals surface area contributed by atoms with Gasteiger partial charge in [0.25, 0.3) is 11.8 Å². The summed E-state index contributed by atoms with van der Waals surface area (Å²) in [7, 11) is -1.90. The van der Waals surface area contributed by atoms with Crippen LogP contribution in [0.2, 0.25) is 16.6 Å². The lowest BCUT2D eigenvalue weighted by Crippen LogP contribution is -2.51. The Hall–Kier alpha value is -8.62. The first-order chi connectivity index (χ1) is 38.7. The van der Waals surface area contributed by atoms with Crippen molar-refractivity contribution in [2.45, 2.75) is 83.4 Å². The molecule has 0 unspecified atom stereocenters. The zero-order chi connectivity index (χ0) is 57.6. The number of carbonyl (C=O) groups is 2. The molecule has 1 saturated heterocycles. The van der Waals surface area contributed by atoms with E-state index in [-0.39, 0.29) is 11.1 Å². The maximum absolute atomic E-state index is 13.1. The molecule has 2 amide bonds. The van der Waals surface area contributed by atoms with Gasteiger partial charge in [-0.3, -0.25) is 9.59 Å². The molecule has 6 aromatic heterocycles. The van der Waals surface area contributed by atoms with Crippen molar-refractivity contribution in [1.29, 1.82) is 0 Å². The van der Waals surface area contributed by atoms with Crippen molar-refractivity contribution in [3.8, 4) is 44.8 Å². The maximum atomic E-state index is 13.1. The second-order valence-electron chi connectivity index (χ2n) is 20.6. The van der Waals surface area contributed by atoms with Crippen LogP contribution in [-0.2, 0) is 17.1 Å². The van der Waals surface area contributed by atoms with Crippen molar-refractivity contribution in [3.63, 3.8) is 0 Å². The molecule has 13 nitrogen and oxygen atoms in total. The third-order valence-electron chi connectivity index (χ3n) is 14.5. The number of hydrogen-bond acceptors (Lipinski definition) is 7. The van der Waals surface area contributed by atoms with Gasteiger partial charge in [0.05, 0.1) is 34.9 Å². The lowest BCUT2D eigenvalue weighted by atomic mass is 10.1. The van der Waals surface area contributed by atoms with Gasteiger partial charge in [-0.15, -0.1) is 0 Å². The minimum absolute atomic E-state index is 0.0744. The topological polar surface area (TPSA) is 149 Å². The van der Waals surface area contributed by atoms with E-state index < -0.39 is 43.5 Å². The van der Waals surface area contributed by atoms with Gasteiger partial charge in [0.2, 0.25) is 0 Å². The maximum Gasteiger partial charge on any atom is 0.416 e. The van der Waals surface area contributed by atoms with Crippen LogP contribution in [0.15, 0.2) is 171 Å². The molecule has 0 bridgehead atoms. The predicted octanol–water partition coefficient (Wildman–Crippen LogP) is 15.6. The number of nitrogens with zero attached hydrogens (tertiary/aromatic N) is 7. The van der Waals surface area contributed by atoms with Gasteiger partial charge in [-0.05, 0) is 121 Å². The van der Waals surface area contributed by atoms with E-state index in [1.807, 2.05) is 42.9 Å². The normalized spacial score (nSPS) is 12.9. The Morgan fingerprint density at radius 1 is 0.580 bits per heavy atom. The van der Waals surface area contributed by atoms with Crippen molar-refractivity contribution >= 4 is 42.7 Å². The largest absolute Gasteiger partial charge is 0.416 e. The van der Waals surface area contributed by atoms with Crippen molar-refractivity contribution < 1.29 is 40.7 Å². The summed E-state index contributed by atoms with van der Waals surface area (Å²) in [6.07, 6.45) is 8.61. The Bertz CT molecular complexity index is 3770. The molecule has 11 rings (SSSR count). The summed E-state index contributed by atoms with van der Waals surface area (Å²) in [5.74, 6) is -1.26. The first-order valence-corrected chi connectivity index (χ1v) is 28.6. The molecule has 81 heavy (non-hydrogen) atoms. The van der Waals surface area contributed by atoms with Gasteiger partial charge in [-0.2, -0.15) is 36.5 Å². The van der Waals surface area contributed by atoms with E-state index in [0.717, 1.165) is 82.2 Å². The highest BCUT2D eigenvalue weighted by molar-refractivity contribution is 6.82. The Morgan fingerprint density at radius 2 is 1.05 bits per heavy atom. The number of carbonyl (C=O) groups excluding carboxylic acids is 2. The van der Waals surface area contributed by atoms with Crippen molar-refractivity contribution in [3.05, 3.63) is 193 Å². The van der Waals surface area contributed by atoms with Crippen LogP contribution in [-0.4, -0.2) is 71.7 Å². The molecule has 0 atom stereocenters. The smallest absolute Gasteiger partial charge is 0.381 e. The zero-order valence-electron chi connectivity index (χ0n) is 45.3. The van der Waals surface area contributed by atoms with Crippen LogP contribution < -0.4 is 10.6 Å². The molecular formula is C61H60F6N10O3Si. The van der Waals surface area contributed by atoms with Crippen LogP contribution in [0.25, 0.3) is 56.1 Å². The van der Waals surface area contributed by atoms with Crippen LogP contribution in [0.5, 0.6) is 0 Å². The minimum Gasteiger partial charge on any atom is -0.381 e. The van der Waals surface area contributed by atoms with Crippen molar-refractivity contribution in [1.82, 2.24) is 38.4 Å². The van der Waals surface area contributed by atoms with Crippen LogP contribution in [0, 0.1) is 0 Å². The number of hydrogen-bond donors (Lipinski definition) is 3. The molecule has 10 aromatic rings. The van der Waals surface area contributed by atoms with Gasteiger partial charge >= 0.3 is 12.4 Å². The first-order valence-electron chi connectivity index (χ1n) is 26.5. The van der Waals surface area contributed by atoms with E-state index in [9.17, 15) is 35.9 Å². The molecule has 1 aliphatic heterocycles. The Morgan fingerprint density at radius 3 is 1.47 bits per heavy atom. The van der Waals surface area contributed by atoms with Crippen LogP contribution in [0.4, 0.5) is 37.7 Å². The molecule has 3 N–H and O–H groups in total. The molecule has 7 heterocycles. The molecule has 0 saturated carbocycles. The molecule has 418 valence electrons. The number of halogens is 6. The average Bonchev–Trinajstić information content (AvgIpc) is 4.34. The molecule has 0 aliphatic carbocycles. The third-order valence-corrected chi connectivity index (χ3v) is 21.2. The molecule has 1 fully saturated rings. The number of amides is 2. The Kier molecular flexibility index (Phi) is 16.9. The third kappa shape index (κ3) is 12.4. The second-order valence-corrected chi connectivity index (χ2v) is 26.3. The number of alkyl halides is 6. The predicted molar refractivity (Wildman–Crippen MR) is 305 cm³/mol. The summed E-state index contributed by atoms with van der Waals surface area (Å²) in [6, 6.07) is 30.5. The van der Waals surface area contributed by atoms with Gasteiger partial charge in [0.15, 0.2) is 19.5 Å². The van der Waals surface area contributed by atoms with E-state index in [0.29, 0.717) is 39.3 Å². The van der Waals surface area contributed by atoms with Crippen LogP contribution in [0.1, 0.15) is 86.2 Å². The second kappa shape index (κ2) is 24.0. The van der Waals surface area contributed by atoms with Gasteiger partial charge in [0.1, 0.15) is 0 Å². The summed E-state index contributed by atoms with van der Waals surface area (Å²) < 4.78 is 89.3. The lowest BCUT2D eigenvalue weighted by molar-refractivity contribution is -0.138. The highest BCUT2D eigenvalue weighted by atomic mass is 28.3. The number of anilines is 2. The van der Waals surface area contributed by atoms with E-state index >= 15 is 0 Å². The number of benzene rings is 4. The van der Waals surface area contributed by atoms with Crippen LogP contribution >= 0.6 is 0 Å². The number of aromatic amines is 1. The molecule has 4 aromatic carbocycles. The SMILES string of the molecule is C1CCOC1.CC(C)[Si](C(C)C)(C(C)C)n1ccc(-c2cnn3c(-c4cccc(NC(=O)c5cccc(C(F)(F)F)c5)c4)ccnc23)c1.O=C(Nc1cccc(-c2ccnc3c(-c4cc[nH]c4)cnn23)c1)c1cccc(C(F)(F)F)c1. The van der Waals surface area contributed by atoms with E-state index in [1.54, 1.807) is 70.1 Å². The van der Waals surface area contributed by atoms with Gasteiger partial charge < -0.3 is 24.6 Å². The summed E-state index contributed by atoms with van der Waals surface area (Å²) in [4.78, 5) is 37.5. The number of fused-ring (bicyclic) bond motifs is 2. The highest BCUT2D eigenvalue weighted by Crippen LogP contribution is 2.44. The number of rotatable bonds is 12. The summed E-state index contributed by atoms with van der Waals surface area (Å²) in [5.41, 5.74) is 8.89. The fraction of sp³-hybridized carbons (Fsp3) is 0.246. The fourth-order valence-electron chi connectivity index (χ4n) is 10.9. The minimum atomic E-state index is -4.53. The number of aromatic nitrogens is 8. The van der Waals surface area contributed by atoms with Gasteiger partial charge in [-0.25, -0.2) is 19.0 Å².